The van der Waals surface area contributed by atoms with Crippen LogP contribution >= 0.6 is 11.6 Å². The first-order valence-electron chi connectivity index (χ1n) is 8.99. The number of carbonyl (C=O) groups excluding carboxylic acids is 2. The molecule has 3 N–H and O–H groups in total. The first-order valence-corrected chi connectivity index (χ1v) is 9.37. The molecule has 2 amide bonds. The van der Waals surface area contributed by atoms with Gasteiger partial charge in [-0.1, -0.05) is 11.6 Å². The molecule has 12 heteroatoms. The third kappa shape index (κ3) is 5.03. The monoisotopic (exact) mass is 485 g/mol. The minimum atomic E-state index is -5.11. The number of alkyl halides is 3. The number of anilines is 1. The number of nitrogens with zero attached hydrogens (tertiary/aromatic N) is 1. The number of hydrogen-bond donors (Lipinski definition) is 2. The summed E-state index contributed by atoms with van der Waals surface area (Å²) in [5.41, 5.74) is 2.06. The van der Waals surface area contributed by atoms with Crippen LogP contribution in [0.25, 0.3) is 0 Å². The molecule has 0 bridgehead atoms. The van der Waals surface area contributed by atoms with Crippen LogP contribution < -0.4 is 15.8 Å². The number of aromatic nitrogens is 1. The molecule has 0 aliphatic heterocycles. The highest BCUT2D eigenvalue weighted by Gasteiger charge is 2.37. The van der Waals surface area contributed by atoms with Crippen LogP contribution in [0.4, 0.5) is 27.6 Å². The lowest BCUT2D eigenvalue weighted by molar-refractivity contribution is -0.140. The zero-order valence-corrected chi connectivity index (χ0v) is 17.3. The normalized spacial score (nSPS) is 11.2. The highest BCUT2D eigenvalue weighted by molar-refractivity contribution is 6.31. The average Bonchev–Trinajstić information content (AvgIpc) is 2.73. The van der Waals surface area contributed by atoms with Crippen molar-refractivity contribution in [1.82, 2.24) is 4.98 Å². The van der Waals surface area contributed by atoms with Crippen LogP contribution in [0.15, 0.2) is 42.6 Å². The molecule has 1 aromatic heterocycles. The number of carbonyl (C=O) groups is 2. The molecule has 0 aliphatic rings. The van der Waals surface area contributed by atoms with Crippen molar-refractivity contribution in [2.75, 3.05) is 5.32 Å². The van der Waals surface area contributed by atoms with Gasteiger partial charge in [0.25, 0.3) is 11.8 Å². The number of amides is 2. The van der Waals surface area contributed by atoms with Gasteiger partial charge in [-0.15, -0.1) is 0 Å². The lowest BCUT2D eigenvalue weighted by Crippen LogP contribution is -2.19. The fourth-order valence-corrected chi connectivity index (χ4v) is 2.93. The summed E-state index contributed by atoms with van der Waals surface area (Å²) in [5.74, 6) is -5.62. The largest absolute Gasteiger partial charge is 0.456 e. The molecular weight excluding hydrogens is 473 g/mol. The van der Waals surface area contributed by atoms with Crippen LogP contribution in [0.1, 0.15) is 32.0 Å². The molecule has 1 heterocycles. The molecule has 0 radical (unpaired) electrons. The molecule has 0 aliphatic carbocycles. The smallest absolute Gasteiger partial charge is 0.419 e. The lowest BCUT2D eigenvalue weighted by Gasteiger charge is -2.17. The lowest BCUT2D eigenvalue weighted by atomic mass is 10.1. The number of benzene rings is 2. The number of halogens is 6. The van der Waals surface area contributed by atoms with Crippen molar-refractivity contribution in [3.63, 3.8) is 0 Å². The Labute approximate surface area is 188 Å². The maximum absolute atomic E-state index is 14.9. The van der Waals surface area contributed by atoms with E-state index in [0.29, 0.717) is 6.07 Å². The van der Waals surface area contributed by atoms with Crippen molar-refractivity contribution in [3.8, 4) is 11.5 Å². The number of ether oxygens (including phenoxy) is 1. The molecule has 3 rings (SSSR count). The molecule has 3 aromatic rings. The van der Waals surface area contributed by atoms with Crippen LogP contribution in [0.2, 0.25) is 5.02 Å². The van der Waals surface area contributed by atoms with Gasteiger partial charge in [-0.3, -0.25) is 14.6 Å². The predicted molar refractivity (Wildman–Crippen MR) is 108 cm³/mol. The van der Waals surface area contributed by atoms with Crippen molar-refractivity contribution in [2.24, 2.45) is 5.73 Å². The number of primary amides is 1. The van der Waals surface area contributed by atoms with Crippen molar-refractivity contribution in [3.05, 3.63) is 81.6 Å². The van der Waals surface area contributed by atoms with E-state index in [4.69, 9.17) is 22.1 Å². The molecule has 0 spiro atoms. The first kappa shape index (κ1) is 23.9. The molecule has 0 fully saturated rings. The Balaban J connectivity index is 2.09. The molecule has 6 nitrogen and oxygen atoms in total. The second-order valence-corrected chi connectivity index (χ2v) is 7.01. The van der Waals surface area contributed by atoms with Gasteiger partial charge in [0.15, 0.2) is 5.82 Å². The van der Waals surface area contributed by atoms with Gasteiger partial charge in [-0.05, 0) is 43.3 Å². The Morgan fingerprint density at radius 1 is 1.09 bits per heavy atom. The fourth-order valence-electron chi connectivity index (χ4n) is 2.77. The molecule has 0 unspecified atom stereocenters. The number of nitrogens with one attached hydrogen (secondary N) is 1. The van der Waals surface area contributed by atoms with E-state index < -0.39 is 46.5 Å². The van der Waals surface area contributed by atoms with Crippen LogP contribution in [0, 0.1) is 18.6 Å². The van der Waals surface area contributed by atoms with Gasteiger partial charge in [0, 0.05) is 17.4 Å². The Morgan fingerprint density at radius 3 is 2.39 bits per heavy atom. The van der Waals surface area contributed by atoms with Gasteiger partial charge in [0.05, 0.1) is 10.6 Å². The second kappa shape index (κ2) is 9.02. The zero-order chi connectivity index (χ0) is 24.5. The molecule has 33 heavy (non-hydrogen) atoms. The van der Waals surface area contributed by atoms with Crippen molar-refractivity contribution >= 4 is 29.1 Å². The Kier molecular flexibility index (Phi) is 6.54. The highest BCUT2D eigenvalue weighted by Crippen LogP contribution is 2.39. The summed E-state index contributed by atoms with van der Waals surface area (Å²) >= 11 is 5.81. The number of pyridine rings is 1. The summed E-state index contributed by atoms with van der Waals surface area (Å²) in [6.07, 6.45) is -4.00. The first-order chi connectivity index (χ1) is 15.4. The van der Waals surface area contributed by atoms with Crippen LogP contribution in [0.5, 0.6) is 11.5 Å². The van der Waals surface area contributed by atoms with Gasteiger partial charge < -0.3 is 15.8 Å². The van der Waals surface area contributed by atoms with E-state index in [1.165, 1.54) is 13.0 Å². The molecule has 0 saturated heterocycles. The third-order valence-corrected chi connectivity index (χ3v) is 4.88. The van der Waals surface area contributed by atoms with E-state index in [1.54, 1.807) is 0 Å². The van der Waals surface area contributed by atoms with Gasteiger partial charge in [-0.2, -0.15) is 13.2 Å². The standard InChI is InChI=1S/C21H13ClF5N3O3/c1-9-14(5-3-12(23)17(9)22)33-15-4-2-11(21(25,26)27)18(24)16(15)20(32)30-10-6-7-29-13(8-10)19(28)31/h2-8H,1H3,(H2,28,31)(H,29,30,32). The summed E-state index contributed by atoms with van der Waals surface area (Å²) < 4.78 is 73.7. The van der Waals surface area contributed by atoms with E-state index in [-0.39, 0.29) is 27.7 Å². The topological polar surface area (TPSA) is 94.3 Å². The van der Waals surface area contributed by atoms with Gasteiger partial charge in [-0.25, -0.2) is 8.78 Å². The molecule has 0 saturated carbocycles. The van der Waals surface area contributed by atoms with Crippen molar-refractivity contribution in [2.45, 2.75) is 13.1 Å². The minimum absolute atomic E-state index is 0.0727. The number of nitrogens with two attached hydrogens (primary N) is 1. The zero-order valence-electron chi connectivity index (χ0n) is 16.6. The molecular formula is C21H13ClF5N3O3. The van der Waals surface area contributed by atoms with Crippen LogP contribution in [0.3, 0.4) is 0 Å². The van der Waals surface area contributed by atoms with Gasteiger partial charge in [0.2, 0.25) is 0 Å². The van der Waals surface area contributed by atoms with E-state index in [9.17, 15) is 31.5 Å². The third-order valence-electron chi connectivity index (χ3n) is 4.42. The summed E-state index contributed by atoms with van der Waals surface area (Å²) in [7, 11) is 0. The molecule has 0 atom stereocenters. The number of rotatable bonds is 5. The summed E-state index contributed by atoms with van der Waals surface area (Å²) in [5, 5.41) is 1.86. The summed E-state index contributed by atoms with van der Waals surface area (Å²) in [6.45, 7) is 1.36. The van der Waals surface area contributed by atoms with Crippen molar-refractivity contribution < 1.29 is 36.3 Å². The van der Waals surface area contributed by atoms with E-state index in [2.05, 4.69) is 10.3 Å². The maximum Gasteiger partial charge on any atom is 0.419 e. The Morgan fingerprint density at radius 2 is 1.76 bits per heavy atom. The van der Waals surface area contributed by atoms with Crippen LogP contribution in [-0.2, 0) is 6.18 Å². The van der Waals surface area contributed by atoms with Gasteiger partial charge >= 0.3 is 6.18 Å². The second-order valence-electron chi connectivity index (χ2n) is 6.63. The van der Waals surface area contributed by atoms with Crippen molar-refractivity contribution in [1.29, 1.82) is 0 Å². The summed E-state index contributed by atoms with van der Waals surface area (Å²) in [6, 6.07) is 5.47. The average molecular weight is 486 g/mol. The van der Waals surface area contributed by atoms with Crippen LogP contribution in [-0.4, -0.2) is 16.8 Å². The van der Waals surface area contributed by atoms with E-state index in [1.807, 2.05) is 0 Å². The van der Waals surface area contributed by atoms with E-state index in [0.717, 1.165) is 30.5 Å². The Hall–Kier alpha value is -3.73. The number of hydrogen-bond acceptors (Lipinski definition) is 4. The van der Waals surface area contributed by atoms with E-state index >= 15 is 0 Å². The summed E-state index contributed by atoms with van der Waals surface area (Å²) in [4.78, 5) is 27.7. The molecule has 2 aromatic carbocycles. The maximum atomic E-state index is 14.9. The van der Waals surface area contributed by atoms with Gasteiger partial charge in [0.1, 0.15) is 28.6 Å². The predicted octanol–water partition coefficient (Wildman–Crippen LogP) is 5.48. The quantitative estimate of drug-likeness (QED) is 0.468. The molecule has 172 valence electrons. The Bertz CT molecular complexity index is 1260. The minimum Gasteiger partial charge on any atom is -0.456 e. The fraction of sp³-hybridized carbons (Fsp3) is 0.0952. The SMILES string of the molecule is Cc1c(Oc2ccc(C(F)(F)F)c(F)c2C(=O)Nc2ccnc(C(N)=O)c2)ccc(F)c1Cl. The highest BCUT2D eigenvalue weighted by atomic mass is 35.5.